The number of nitrogens with zero attached hydrogens (tertiary/aromatic N) is 7. The number of carbonyl (C=O) groups is 3. The van der Waals surface area contributed by atoms with Gasteiger partial charge in [-0.2, -0.15) is 0 Å². The van der Waals surface area contributed by atoms with E-state index in [4.69, 9.17) is 4.98 Å². The molecule has 1 aliphatic heterocycles. The van der Waals surface area contributed by atoms with Crippen LogP contribution >= 0.6 is 22.6 Å². The van der Waals surface area contributed by atoms with Crippen LogP contribution in [0.2, 0.25) is 0 Å². The molecule has 1 aliphatic rings. The van der Waals surface area contributed by atoms with Crippen LogP contribution in [0.25, 0.3) is 32.6 Å². The molecule has 13 nitrogen and oxygen atoms in total. The number of benzene rings is 4. The number of unbranched alkanes of at least 4 members (excludes halogenated alkanes) is 2. The summed E-state index contributed by atoms with van der Waals surface area (Å²) in [7, 11) is -2.59. The summed E-state index contributed by atoms with van der Waals surface area (Å²) in [5, 5.41) is 5.39. The second kappa shape index (κ2) is 17.7. The Labute approximate surface area is 339 Å². The molecule has 0 fully saturated rings. The van der Waals surface area contributed by atoms with Crippen LogP contribution in [-0.4, -0.2) is 71.2 Å². The van der Waals surface area contributed by atoms with Gasteiger partial charge in [0.1, 0.15) is 11.5 Å². The summed E-state index contributed by atoms with van der Waals surface area (Å²) in [6.45, 7) is 5.56. The Balaban J connectivity index is 1.41. The minimum atomic E-state index is -4.32. The van der Waals surface area contributed by atoms with Crippen LogP contribution in [0.1, 0.15) is 81.9 Å². The van der Waals surface area contributed by atoms with Gasteiger partial charge in [0.05, 0.1) is 10.5 Å². The van der Waals surface area contributed by atoms with Gasteiger partial charge in [-0.05, 0) is 106 Å². The molecular weight excluding hydrogens is 843 g/mol. The molecule has 3 amide bonds. The standard InChI is InChI=1S/C41H43IN8O5S/c1-4-6-19-49(20-7-5-2)41(53)37-26-48(3)38(45-37)33-18-16-29(39(51)46-56(54,55)32-17-15-27-13-10-14-36(42)34(27)23-32)22-35(33)40(52)50-25-30-12-9-8-11-28(30)21-31(50)24-44-47-43/h8-18,22-23,26,31H,4-7,19-21,24-25H2,1-3H3,(H,46,51)/t31-/m0/s1. The molecule has 0 saturated carbocycles. The van der Waals surface area contributed by atoms with Crippen LogP contribution in [0.15, 0.2) is 95.1 Å². The lowest BCUT2D eigenvalue weighted by atomic mass is 9.92. The third kappa shape index (κ3) is 8.74. The second-order valence-electron chi connectivity index (χ2n) is 13.9. The molecule has 1 N–H and O–H groups in total. The number of rotatable bonds is 14. The summed E-state index contributed by atoms with van der Waals surface area (Å²) in [6, 6.07) is 21.8. The van der Waals surface area contributed by atoms with Crippen molar-refractivity contribution in [2.75, 3.05) is 19.6 Å². The van der Waals surface area contributed by atoms with E-state index in [0.717, 1.165) is 51.2 Å². The van der Waals surface area contributed by atoms with E-state index in [1.807, 2.05) is 42.5 Å². The molecule has 6 rings (SSSR count). The number of hydrogen-bond acceptors (Lipinski definition) is 7. The molecule has 56 heavy (non-hydrogen) atoms. The van der Waals surface area contributed by atoms with E-state index in [0.29, 0.717) is 30.9 Å². The maximum Gasteiger partial charge on any atom is 0.274 e. The summed E-state index contributed by atoms with van der Waals surface area (Å²) in [5.74, 6) is -1.30. The Morgan fingerprint density at radius 2 is 1.71 bits per heavy atom. The van der Waals surface area contributed by atoms with Crippen molar-refractivity contribution >= 4 is 61.1 Å². The number of amides is 3. The molecule has 4 aromatic carbocycles. The van der Waals surface area contributed by atoms with E-state index in [9.17, 15) is 28.3 Å². The summed E-state index contributed by atoms with van der Waals surface area (Å²) >= 11 is 2.13. The Morgan fingerprint density at radius 1 is 0.982 bits per heavy atom. The Hall–Kier alpha value is -5.25. The van der Waals surface area contributed by atoms with Gasteiger partial charge >= 0.3 is 0 Å². The number of azide groups is 1. The molecule has 0 unspecified atom stereocenters. The van der Waals surface area contributed by atoms with Gasteiger partial charge in [0.25, 0.3) is 27.7 Å². The Bertz CT molecular complexity index is 2450. The van der Waals surface area contributed by atoms with Crippen molar-refractivity contribution < 1.29 is 22.8 Å². The number of fused-ring (bicyclic) bond motifs is 2. The minimum absolute atomic E-state index is 0.0153. The van der Waals surface area contributed by atoms with E-state index in [1.165, 1.54) is 24.3 Å². The normalized spacial score (nSPS) is 13.9. The minimum Gasteiger partial charge on any atom is -0.337 e. The van der Waals surface area contributed by atoms with Crippen LogP contribution < -0.4 is 4.72 Å². The van der Waals surface area contributed by atoms with Crippen molar-refractivity contribution in [2.45, 2.75) is 63.4 Å². The zero-order valence-corrected chi connectivity index (χ0v) is 34.5. The first kappa shape index (κ1) is 40.4. The third-order valence-electron chi connectivity index (χ3n) is 10.0. The van der Waals surface area contributed by atoms with Crippen LogP contribution in [-0.2, 0) is 30.0 Å². The molecular formula is C41H43IN8O5S. The highest BCUT2D eigenvalue weighted by molar-refractivity contribution is 14.1. The van der Waals surface area contributed by atoms with Gasteiger partial charge in [0.15, 0.2) is 0 Å². The smallest absolute Gasteiger partial charge is 0.274 e. The van der Waals surface area contributed by atoms with Crippen LogP contribution in [0.3, 0.4) is 0 Å². The summed E-state index contributed by atoms with van der Waals surface area (Å²) in [6.07, 6.45) is 5.63. The van der Waals surface area contributed by atoms with Crippen molar-refractivity contribution in [3.8, 4) is 11.4 Å². The van der Waals surface area contributed by atoms with E-state index < -0.39 is 27.9 Å². The van der Waals surface area contributed by atoms with E-state index in [2.05, 4.69) is 51.2 Å². The predicted molar refractivity (Wildman–Crippen MR) is 224 cm³/mol. The van der Waals surface area contributed by atoms with Crippen LogP contribution in [0.5, 0.6) is 0 Å². The second-order valence-corrected chi connectivity index (χ2v) is 16.7. The number of imidazole rings is 1. The molecule has 0 spiro atoms. The first-order chi connectivity index (χ1) is 26.9. The average Bonchev–Trinajstić information content (AvgIpc) is 3.59. The monoisotopic (exact) mass is 886 g/mol. The Morgan fingerprint density at radius 3 is 2.43 bits per heavy atom. The summed E-state index contributed by atoms with van der Waals surface area (Å²) in [4.78, 5) is 53.5. The van der Waals surface area contributed by atoms with Crippen molar-refractivity contribution in [2.24, 2.45) is 12.2 Å². The highest BCUT2D eigenvalue weighted by atomic mass is 127. The number of aryl methyl sites for hydroxylation is 1. The van der Waals surface area contributed by atoms with Crippen LogP contribution in [0.4, 0.5) is 0 Å². The Kier molecular flexibility index (Phi) is 12.8. The molecule has 5 aromatic rings. The molecule has 0 aliphatic carbocycles. The van der Waals surface area contributed by atoms with E-state index >= 15 is 0 Å². The first-order valence-electron chi connectivity index (χ1n) is 18.6. The number of aromatic nitrogens is 2. The molecule has 0 radical (unpaired) electrons. The van der Waals surface area contributed by atoms with Gasteiger partial charge in [-0.15, -0.1) is 0 Å². The molecule has 15 heteroatoms. The number of hydrogen-bond donors (Lipinski definition) is 1. The lowest BCUT2D eigenvalue weighted by Crippen LogP contribution is -2.46. The lowest BCUT2D eigenvalue weighted by Gasteiger charge is -2.36. The van der Waals surface area contributed by atoms with Gasteiger partial charge in [0.2, 0.25) is 0 Å². The molecule has 1 atom stereocenters. The quantitative estimate of drug-likeness (QED) is 0.0515. The van der Waals surface area contributed by atoms with Gasteiger partial charge in [-0.25, -0.2) is 18.1 Å². The zero-order chi connectivity index (χ0) is 40.0. The maximum atomic E-state index is 14.8. The molecule has 1 aromatic heterocycles. The van der Waals surface area contributed by atoms with Crippen molar-refractivity contribution in [1.29, 1.82) is 0 Å². The fourth-order valence-corrected chi connectivity index (χ4v) is 8.62. The largest absolute Gasteiger partial charge is 0.337 e. The van der Waals surface area contributed by atoms with Gasteiger partial charge in [-0.1, -0.05) is 74.3 Å². The van der Waals surface area contributed by atoms with Crippen molar-refractivity contribution in [3.63, 3.8) is 0 Å². The molecule has 0 bridgehead atoms. The molecule has 290 valence electrons. The molecule has 0 saturated heterocycles. The predicted octanol–water partition coefficient (Wildman–Crippen LogP) is 7.88. The SMILES string of the molecule is CCCCN(CCCC)C(=O)c1cn(C)c(-c2ccc(C(=O)NS(=O)(=O)c3ccc4cccc(I)c4c3)cc2C(=O)N2Cc3ccccc3C[C@H]2CN=[N+]=[N-])n1. The number of sulfonamides is 1. The summed E-state index contributed by atoms with van der Waals surface area (Å²) in [5.41, 5.74) is 11.7. The number of carbonyl (C=O) groups excluding carboxylic acids is 3. The van der Waals surface area contributed by atoms with Crippen molar-refractivity contribution in [1.82, 2.24) is 24.1 Å². The van der Waals surface area contributed by atoms with Gasteiger partial charge in [-0.3, -0.25) is 14.4 Å². The van der Waals surface area contributed by atoms with Gasteiger partial charge < -0.3 is 14.4 Å². The van der Waals surface area contributed by atoms with Crippen LogP contribution in [0, 0.1) is 3.57 Å². The average molecular weight is 887 g/mol. The third-order valence-corrected chi connectivity index (χ3v) is 12.3. The highest BCUT2D eigenvalue weighted by Gasteiger charge is 2.33. The maximum absolute atomic E-state index is 14.8. The number of halogens is 1. The summed E-state index contributed by atoms with van der Waals surface area (Å²) < 4.78 is 31.9. The fourth-order valence-electron chi connectivity index (χ4n) is 6.95. The van der Waals surface area contributed by atoms with E-state index in [1.54, 1.807) is 39.7 Å². The van der Waals surface area contributed by atoms with Crippen molar-refractivity contribution in [3.05, 3.63) is 127 Å². The topological polar surface area (TPSA) is 170 Å². The number of nitrogens with one attached hydrogen (secondary N) is 1. The first-order valence-corrected chi connectivity index (χ1v) is 21.1. The van der Waals surface area contributed by atoms with E-state index in [-0.39, 0.29) is 40.7 Å². The van der Waals surface area contributed by atoms with Gasteiger partial charge in [0, 0.05) is 65.1 Å². The zero-order valence-electron chi connectivity index (χ0n) is 31.5. The lowest BCUT2D eigenvalue weighted by molar-refractivity contribution is 0.0648. The fraction of sp³-hybridized carbons (Fsp3) is 0.317. The highest BCUT2D eigenvalue weighted by Crippen LogP contribution is 2.31. The molecule has 2 heterocycles.